The number of imidazole rings is 1. The fourth-order valence-electron chi connectivity index (χ4n) is 2.75. The molecular weight excluding hydrogens is 503 g/mol. The Morgan fingerprint density at radius 1 is 1.28 bits per heavy atom. The number of guanidine groups is 1. The summed E-state index contributed by atoms with van der Waals surface area (Å²) in [4.78, 5) is 22.1. The van der Waals surface area contributed by atoms with E-state index in [0.29, 0.717) is 19.0 Å². The molecule has 0 aliphatic rings. The maximum atomic E-state index is 12.3. The van der Waals surface area contributed by atoms with Crippen molar-refractivity contribution in [2.75, 3.05) is 13.6 Å². The first-order valence-electron chi connectivity index (χ1n) is 9.57. The zero-order valence-electron chi connectivity index (χ0n) is 18.0. The van der Waals surface area contributed by atoms with Crippen molar-refractivity contribution in [3.05, 3.63) is 23.5 Å². The molecule has 0 saturated carbocycles. The van der Waals surface area contributed by atoms with Gasteiger partial charge in [-0.05, 0) is 33.6 Å². The average molecular weight is 536 g/mol. The third-order valence-corrected chi connectivity index (χ3v) is 5.29. The van der Waals surface area contributed by atoms with E-state index in [4.69, 9.17) is 4.74 Å². The van der Waals surface area contributed by atoms with E-state index in [2.05, 4.69) is 39.8 Å². The molecule has 0 aliphatic carbocycles. The molecule has 1 amide bonds. The minimum atomic E-state index is -0.527. The molecule has 10 heteroatoms. The number of thiazole rings is 1. The Morgan fingerprint density at radius 3 is 2.52 bits per heavy atom. The molecule has 2 aromatic heterocycles. The fourth-order valence-corrected chi connectivity index (χ4v) is 3.47. The first kappa shape index (κ1) is 25.5. The van der Waals surface area contributed by atoms with Gasteiger partial charge in [-0.3, -0.25) is 9.39 Å². The summed E-state index contributed by atoms with van der Waals surface area (Å²) in [6.45, 7) is 10.8. The summed E-state index contributed by atoms with van der Waals surface area (Å²) in [5.74, 6) is 0.661. The maximum Gasteiger partial charge on any atom is 0.408 e. The molecule has 0 fully saturated rings. The van der Waals surface area contributed by atoms with Crippen LogP contribution in [0.5, 0.6) is 0 Å². The number of ether oxygens (including phenoxy) is 1. The Balaban J connectivity index is 0.00000420. The highest BCUT2D eigenvalue weighted by molar-refractivity contribution is 14.0. The molecule has 0 saturated heterocycles. The molecule has 29 heavy (non-hydrogen) atoms. The fraction of sp³-hybridized carbons (Fsp3) is 0.632. The third-order valence-electron chi connectivity index (χ3n) is 4.52. The summed E-state index contributed by atoms with van der Waals surface area (Å²) in [7, 11) is 1.72. The molecule has 0 radical (unpaired) electrons. The zero-order chi connectivity index (χ0) is 20.8. The molecule has 0 aliphatic heterocycles. The summed E-state index contributed by atoms with van der Waals surface area (Å²) >= 11 is 1.60. The van der Waals surface area contributed by atoms with Crippen molar-refractivity contribution in [2.24, 2.45) is 4.99 Å². The van der Waals surface area contributed by atoms with E-state index < -0.39 is 17.2 Å². The van der Waals surface area contributed by atoms with Gasteiger partial charge in [-0.2, -0.15) is 0 Å². The number of aliphatic imine (C=N–C) groups is 1. The average Bonchev–Trinajstić information content (AvgIpc) is 3.20. The maximum absolute atomic E-state index is 12.3. The number of halogens is 1. The van der Waals surface area contributed by atoms with Crippen LogP contribution in [0.4, 0.5) is 4.79 Å². The minimum absolute atomic E-state index is 0. The van der Waals surface area contributed by atoms with Gasteiger partial charge in [-0.25, -0.2) is 9.78 Å². The number of nitrogens with zero attached hydrogens (tertiary/aromatic N) is 3. The Kier molecular flexibility index (Phi) is 9.66. The van der Waals surface area contributed by atoms with Gasteiger partial charge in [-0.1, -0.05) is 13.8 Å². The monoisotopic (exact) mass is 536 g/mol. The van der Waals surface area contributed by atoms with E-state index in [0.717, 1.165) is 23.5 Å². The van der Waals surface area contributed by atoms with Gasteiger partial charge >= 0.3 is 6.09 Å². The number of amides is 1. The SMILES string of the molecule is CCC(CC)(CNC(=NC)NCc1cn2ccsc2n1)NC(=O)OC(C)(C)C.I. The highest BCUT2D eigenvalue weighted by Crippen LogP contribution is 2.16. The second-order valence-electron chi connectivity index (χ2n) is 7.72. The van der Waals surface area contributed by atoms with Crippen LogP contribution in [0.1, 0.15) is 53.2 Å². The lowest BCUT2D eigenvalue weighted by Crippen LogP contribution is -2.57. The van der Waals surface area contributed by atoms with Gasteiger partial charge < -0.3 is 20.7 Å². The number of carbonyl (C=O) groups is 1. The molecule has 164 valence electrons. The van der Waals surface area contributed by atoms with Crippen molar-refractivity contribution in [3.8, 4) is 0 Å². The van der Waals surface area contributed by atoms with E-state index in [-0.39, 0.29) is 24.0 Å². The highest BCUT2D eigenvalue weighted by Gasteiger charge is 2.30. The van der Waals surface area contributed by atoms with Crippen LogP contribution >= 0.6 is 35.3 Å². The highest BCUT2D eigenvalue weighted by atomic mass is 127. The van der Waals surface area contributed by atoms with Gasteiger partial charge in [0, 0.05) is 31.4 Å². The van der Waals surface area contributed by atoms with Gasteiger partial charge in [0.25, 0.3) is 0 Å². The van der Waals surface area contributed by atoms with Gasteiger partial charge in [0.2, 0.25) is 0 Å². The zero-order valence-corrected chi connectivity index (χ0v) is 21.2. The van der Waals surface area contributed by atoms with Crippen LogP contribution < -0.4 is 16.0 Å². The second kappa shape index (κ2) is 11.0. The van der Waals surface area contributed by atoms with Crippen LogP contribution in [0.25, 0.3) is 4.96 Å². The second-order valence-corrected chi connectivity index (χ2v) is 8.59. The number of aromatic nitrogens is 2. The molecule has 0 unspecified atom stereocenters. The van der Waals surface area contributed by atoms with E-state index >= 15 is 0 Å². The van der Waals surface area contributed by atoms with E-state index in [1.165, 1.54) is 0 Å². The smallest absolute Gasteiger partial charge is 0.408 e. The third kappa shape index (κ3) is 7.65. The summed E-state index contributed by atoms with van der Waals surface area (Å²) in [5, 5.41) is 11.6. The predicted octanol–water partition coefficient (Wildman–Crippen LogP) is 3.76. The normalized spacial score (nSPS) is 12.4. The predicted molar refractivity (Wildman–Crippen MR) is 129 cm³/mol. The lowest BCUT2D eigenvalue weighted by atomic mass is 9.93. The Morgan fingerprint density at radius 2 is 1.97 bits per heavy atom. The van der Waals surface area contributed by atoms with Gasteiger partial charge in [-0.15, -0.1) is 35.3 Å². The van der Waals surface area contributed by atoms with Crippen molar-refractivity contribution in [1.82, 2.24) is 25.3 Å². The molecule has 0 spiro atoms. The Hall–Kier alpha value is -1.56. The van der Waals surface area contributed by atoms with Crippen LogP contribution in [0.2, 0.25) is 0 Å². The summed E-state index contributed by atoms with van der Waals surface area (Å²) < 4.78 is 7.43. The first-order valence-corrected chi connectivity index (χ1v) is 10.4. The van der Waals surface area contributed by atoms with Gasteiger partial charge in [0.1, 0.15) is 5.60 Å². The number of nitrogens with one attached hydrogen (secondary N) is 3. The largest absolute Gasteiger partial charge is 0.444 e. The molecule has 0 bridgehead atoms. The topological polar surface area (TPSA) is 92.0 Å². The molecule has 3 N–H and O–H groups in total. The molecule has 8 nitrogen and oxygen atoms in total. The van der Waals surface area contributed by atoms with Crippen molar-refractivity contribution >= 4 is 52.3 Å². The lowest BCUT2D eigenvalue weighted by molar-refractivity contribution is 0.0448. The minimum Gasteiger partial charge on any atom is -0.444 e. The van der Waals surface area contributed by atoms with Crippen molar-refractivity contribution in [1.29, 1.82) is 0 Å². The standard InChI is InChI=1S/C19H32N6O2S.HI/c1-7-19(8-2,24-17(26)27-18(3,4)5)13-22-15(20-6)21-11-14-12-25-9-10-28-16(25)23-14;/h9-10,12H,7-8,11,13H2,1-6H3,(H,24,26)(H2,20,21,22);1H. The van der Waals surface area contributed by atoms with Crippen molar-refractivity contribution in [3.63, 3.8) is 0 Å². The van der Waals surface area contributed by atoms with Crippen LogP contribution in [-0.4, -0.2) is 46.2 Å². The van der Waals surface area contributed by atoms with Crippen LogP contribution in [0, 0.1) is 0 Å². The van der Waals surface area contributed by atoms with E-state index in [1.54, 1.807) is 18.4 Å². The van der Waals surface area contributed by atoms with Gasteiger partial charge in [0.05, 0.1) is 17.8 Å². The Labute approximate surface area is 193 Å². The van der Waals surface area contributed by atoms with Crippen LogP contribution in [0.15, 0.2) is 22.8 Å². The number of rotatable bonds is 7. The molecule has 2 aromatic rings. The van der Waals surface area contributed by atoms with Crippen molar-refractivity contribution < 1.29 is 9.53 Å². The number of alkyl carbamates (subject to hydrolysis) is 1. The summed E-state index contributed by atoms with van der Waals surface area (Å²) in [6.07, 6.45) is 5.12. The first-order chi connectivity index (χ1) is 13.2. The van der Waals surface area contributed by atoms with Crippen molar-refractivity contribution in [2.45, 2.75) is 65.1 Å². The Bertz CT molecular complexity index is 779. The van der Waals surface area contributed by atoms with Gasteiger partial charge in [0.15, 0.2) is 10.9 Å². The summed E-state index contributed by atoms with van der Waals surface area (Å²) in [5.41, 5.74) is -0.00337. The number of hydrogen-bond donors (Lipinski definition) is 3. The number of hydrogen-bond acceptors (Lipinski definition) is 5. The number of carbonyl (C=O) groups excluding carboxylic acids is 1. The molecule has 2 heterocycles. The van der Waals surface area contributed by atoms with E-state index in [1.807, 2.05) is 42.9 Å². The molecule has 0 atom stereocenters. The van der Waals surface area contributed by atoms with Crippen LogP contribution in [0.3, 0.4) is 0 Å². The van der Waals surface area contributed by atoms with E-state index in [9.17, 15) is 4.79 Å². The number of fused-ring (bicyclic) bond motifs is 1. The quantitative estimate of drug-likeness (QED) is 0.285. The lowest BCUT2D eigenvalue weighted by Gasteiger charge is -2.34. The van der Waals surface area contributed by atoms with Crippen LogP contribution in [-0.2, 0) is 11.3 Å². The molecular formula is C19H33IN6O2S. The summed E-state index contributed by atoms with van der Waals surface area (Å²) in [6, 6.07) is 0. The molecule has 2 rings (SSSR count). The molecule has 0 aromatic carbocycles.